The van der Waals surface area contributed by atoms with Crippen LogP contribution in [-0.2, 0) is 19.1 Å². The molecule has 0 aliphatic carbocycles. The van der Waals surface area contributed by atoms with Gasteiger partial charge in [-0.2, -0.15) is 0 Å². The fraction of sp³-hybridized carbons (Fsp3) is 0.412. The Hall–Kier alpha value is -2.70. The summed E-state index contributed by atoms with van der Waals surface area (Å²) in [6.45, 7) is 3.28. The van der Waals surface area contributed by atoms with Crippen LogP contribution in [0.25, 0.3) is 0 Å². The summed E-state index contributed by atoms with van der Waals surface area (Å²) in [5, 5.41) is 2.60. The normalized spacial score (nSPS) is 15.1. The van der Waals surface area contributed by atoms with Crippen molar-refractivity contribution in [1.82, 2.24) is 4.90 Å². The van der Waals surface area contributed by atoms with Crippen LogP contribution in [0.4, 0.5) is 5.69 Å². The largest absolute Gasteiger partial charge is 0.451 e. The molecule has 1 aliphatic rings. The molecule has 0 aromatic heterocycles. The van der Waals surface area contributed by atoms with Crippen LogP contribution < -0.4 is 5.32 Å². The van der Waals surface area contributed by atoms with Crippen LogP contribution in [-0.4, -0.2) is 47.7 Å². The second kappa shape index (κ2) is 7.72. The molecule has 1 fully saturated rings. The molecule has 1 aliphatic heterocycles. The molecule has 0 saturated carbocycles. The summed E-state index contributed by atoms with van der Waals surface area (Å²) >= 11 is 0. The lowest BCUT2D eigenvalue weighted by Crippen LogP contribution is -2.36. The average Bonchev–Trinajstić information content (AvgIpc) is 2.92. The zero-order valence-electron chi connectivity index (χ0n) is 13.7. The average molecular weight is 332 g/mol. The van der Waals surface area contributed by atoms with E-state index in [4.69, 9.17) is 4.74 Å². The Morgan fingerprint density at radius 1 is 1.33 bits per heavy atom. The molecule has 1 N–H and O–H groups in total. The maximum Gasteiger partial charge on any atom is 0.326 e. The number of carbonyl (C=O) groups is 4. The van der Waals surface area contributed by atoms with E-state index in [1.54, 1.807) is 24.3 Å². The highest BCUT2D eigenvalue weighted by molar-refractivity contribution is 5.98. The maximum atomic E-state index is 12.1. The predicted octanol–water partition coefficient (Wildman–Crippen LogP) is 1.38. The fourth-order valence-electron chi connectivity index (χ4n) is 2.37. The molecule has 128 valence electrons. The summed E-state index contributed by atoms with van der Waals surface area (Å²) in [5.41, 5.74) is 0.926. The highest BCUT2D eigenvalue weighted by atomic mass is 16.5. The number of rotatable bonds is 6. The first-order valence-electron chi connectivity index (χ1n) is 7.76. The second-order valence-electron chi connectivity index (χ2n) is 5.68. The van der Waals surface area contributed by atoms with E-state index in [-0.39, 0.29) is 18.2 Å². The number of hydrogen-bond acceptors (Lipinski definition) is 5. The van der Waals surface area contributed by atoms with Gasteiger partial charge in [0.15, 0.2) is 11.9 Å². The molecule has 1 atom stereocenters. The molecule has 1 aromatic carbocycles. The van der Waals surface area contributed by atoms with E-state index in [1.807, 2.05) is 0 Å². The van der Waals surface area contributed by atoms with Gasteiger partial charge in [0.25, 0.3) is 5.91 Å². The zero-order chi connectivity index (χ0) is 17.7. The van der Waals surface area contributed by atoms with E-state index >= 15 is 0 Å². The predicted molar refractivity (Wildman–Crippen MR) is 86.4 cm³/mol. The van der Waals surface area contributed by atoms with E-state index in [9.17, 15) is 19.2 Å². The van der Waals surface area contributed by atoms with Crippen molar-refractivity contribution < 1.29 is 23.9 Å². The number of benzene rings is 1. The molecule has 0 radical (unpaired) electrons. The Bertz CT molecular complexity index is 671. The van der Waals surface area contributed by atoms with Crippen molar-refractivity contribution in [2.75, 3.05) is 18.4 Å². The minimum absolute atomic E-state index is 0.0786. The van der Waals surface area contributed by atoms with Gasteiger partial charge in [-0.25, -0.2) is 0 Å². The van der Waals surface area contributed by atoms with Crippen molar-refractivity contribution in [3.8, 4) is 0 Å². The Kier molecular flexibility index (Phi) is 5.68. The van der Waals surface area contributed by atoms with Crippen molar-refractivity contribution in [2.45, 2.75) is 32.8 Å². The minimum atomic E-state index is -1.00. The number of carbonyl (C=O) groups excluding carboxylic acids is 4. The molecule has 1 saturated heterocycles. The number of likely N-dealkylation sites (tertiary alicyclic amines) is 1. The van der Waals surface area contributed by atoms with E-state index in [0.717, 1.165) is 6.42 Å². The number of esters is 1. The van der Waals surface area contributed by atoms with Crippen molar-refractivity contribution in [2.24, 2.45) is 0 Å². The molecule has 7 heteroatoms. The van der Waals surface area contributed by atoms with Crippen LogP contribution in [0.1, 0.15) is 37.0 Å². The molecule has 0 bridgehead atoms. The van der Waals surface area contributed by atoms with Gasteiger partial charge in [-0.1, -0.05) is 12.1 Å². The molecule has 24 heavy (non-hydrogen) atoms. The molecule has 0 spiro atoms. The minimum Gasteiger partial charge on any atom is -0.451 e. The number of nitrogens with one attached hydrogen (secondary N) is 1. The first-order valence-corrected chi connectivity index (χ1v) is 7.76. The highest BCUT2D eigenvalue weighted by Gasteiger charge is 2.25. The number of Topliss-reactive ketones (excluding diaryl/α,β-unsaturated/α-hetero) is 1. The summed E-state index contributed by atoms with van der Waals surface area (Å²) in [6, 6.07) is 6.50. The van der Waals surface area contributed by atoms with Gasteiger partial charge in [-0.3, -0.25) is 19.2 Å². The van der Waals surface area contributed by atoms with Crippen LogP contribution in [0.5, 0.6) is 0 Å². The van der Waals surface area contributed by atoms with Crippen molar-refractivity contribution in [3.05, 3.63) is 29.8 Å². The van der Waals surface area contributed by atoms with Gasteiger partial charge >= 0.3 is 5.97 Å². The Morgan fingerprint density at radius 3 is 2.71 bits per heavy atom. The van der Waals surface area contributed by atoms with E-state index in [0.29, 0.717) is 24.2 Å². The molecule has 0 unspecified atom stereocenters. The number of nitrogens with zero attached hydrogens (tertiary/aromatic N) is 1. The van der Waals surface area contributed by atoms with E-state index < -0.39 is 18.0 Å². The van der Waals surface area contributed by atoms with Crippen LogP contribution in [0.15, 0.2) is 24.3 Å². The van der Waals surface area contributed by atoms with Gasteiger partial charge < -0.3 is 15.0 Å². The lowest BCUT2D eigenvalue weighted by Gasteiger charge is -2.17. The summed E-state index contributed by atoms with van der Waals surface area (Å²) in [6.07, 6.45) is 0.168. The summed E-state index contributed by atoms with van der Waals surface area (Å²) in [7, 11) is 0. The molecular weight excluding hydrogens is 312 g/mol. The maximum absolute atomic E-state index is 12.1. The Morgan fingerprint density at radius 2 is 2.08 bits per heavy atom. The van der Waals surface area contributed by atoms with Crippen molar-refractivity contribution in [3.63, 3.8) is 0 Å². The summed E-state index contributed by atoms with van der Waals surface area (Å²) < 4.78 is 5.06. The number of amides is 2. The van der Waals surface area contributed by atoms with E-state index in [2.05, 4.69) is 5.32 Å². The lowest BCUT2D eigenvalue weighted by molar-refractivity contribution is -0.155. The first kappa shape index (κ1) is 17.7. The Labute approximate surface area is 140 Å². The topological polar surface area (TPSA) is 92.8 Å². The van der Waals surface area contributed by atoms with Crippen LogP contribution >= 0.6 is 0 Å². The first-order chi connectivity index (χ1) is 11.4. The third-order valence-electron chi connectivity index (χ3n) is 3.71. The number of ketones is 1. The summed E-state index contributed by atoms with van der Waals surface area (Å²) in [5.74, 6) is -1.31. The molecule has 2 rings (SSSR count). The Balaban J connectivity index is 1.87. The molecule has 7 nitrogen and oxygen atoms in total. The van der Waals surface area contributed by atoms with Crippen LogP contribution in [0, 0.1) is 0 Å². The quantitative estimate of drug-likeness (QED) is 0.627. The lowest BCUT2D eigenvalue weighted by atomic mass is 10.1. The standard InChI is InChI=1S/C17H20N2O5/c1-11(20)13-5-3-6-14(9-13)18-17(23)12(2)24-16(22)10-19-8-4-7-15(19)21/h3,5-6,9,12H,4,7-8,10H2,1-2H3,(H,18,23)/t12-/m0/s1. The van der Waals surface area contributed by atoms with Gasteiger partial charge in [0.05, 0.1) is 0 Å². The van der Waals surface area contributed by atoms with Crippen LogP contribution in [0.3, 0.4) is 0 Å². The fourth-order valence-corrected chi connectivity index (χ4v) is 2.37. The van der Waals surface area contributed by atoms with Crippen LogP contribution in [0.2, 0.25) is 0 Å². The highest BCUT2D eigenvalue weighted by Crippen LogP contribution is 2.13. The number of anilines is 1. The van der Waals surface area contributed by atoms with Gasteiger partial charge in [0.2, 0.25) is 5.91 Å². The van der Waals surface area contributed by atoms with Gasteiger partial charge in [-0.15, -0.1) is 0 Å². The smallest absolute Gasteiger partial charge is 0.326 e. The van der Waals surface area contributed by atoms with Gasteiger partial charge in [0, 0.05) is 24.2 Å². The third-order valence-corrected chi connectivity index (χ3v) is 3.71. The molecule has 2 amide bonds. The summed E-state index contributed by atoms with van der Waals surface area (Å²) in [4.78, 5) is 48.1. The van der Waals surface area contributed by atoms with Crippen molar-refractivity contribution >= 4 is 29.3 Å². The van der Waals surface area contributed by atoms with Gasteiger partial charge in [0.1, 0.15) is 6.54 Å². The zero-order valence-corrected chi connectivity index (χ0v) is 13.7. The number of hydrogen-bond donors (Lipinski definition) is 1. The second-order valence-corrected chi connectivity index (χ2v) is 5.68. The SMILES string of the molecule is CC(=O)c1cccc(NC(=O)[C@H](C)OC(=O)CN2CCCC2=O)c1. The number of ether oxygens (including phenoxy) is 1. The molecule has 1 aromatic rings. The molecular formula is C17H20N2O5. The van der Waals surface area contributed by atoms with Crippen molar-refractivity contribution in [1.29, 1.82) is 0 Å². The monoisotopic (exact) mass is 332 g/mol. The molecule has 1 heterocycles. The van der Waals surface area contributed by atoms with E-state index in [1.165, 1.54) is 18.7 Å². The van der Waals surface area contributed by atoms with Gasteiger partial charge in [-0.05, 0) is 32.4 Å². The third kappa shape index (κ3) is 4.65.